The van der Waals surface area contributed by atoms with Crippen LogP contribution >= 0.6 is 0 Å². The van der Waals surface area contributed by atoms with Gasteiger partial charge in [-0.05, 0) is 0 Å². The topological polar surface area (TPSA) is 58.9 Å². The van der Waals surface area contributed by atoms with Gasteiger partial charge in [0, 0.05) is 0 Å². The van der Waals surface area contributed by atoms with Crippen molar-refractivity contribution in [2.24, 2.45) is 0 Å². The van der Waals surface area contributed by atoms with Gasteiger partial charge in [-0.1, -0.05) is 6.92 Å². The molecule has 0 aliphatic heterocycles. The first kappa shape index (κ1) is 23.0. The van der Waals surface area contributed by atoms with Crippen LogP contribution in [0.1, 0.15) is 56.6 Å². The number of aliphatic hydroxyl groups is 2. The maximum absolute atomic E-state index is 9.73. The van der Waals surface area contributed by atoms with Gasteiger partial charge in [-0.3, -0.25) is 0 Å². The van der Waals surface area contributed by atoms with E-state index < -0.39 is 21.2 Å². The van der Waals surface area contributed by atoms with Gasteiger partial charge in [0.1, 0.15) is 0 Å². The summed E-state index contributed by atoms with van der Waals surface area (Å²) in [6.07, 6.45) is 7.56. The third-order valence-corrected chi connectivity index (χ3v) is 7.82. The second-order valence-electron chi connectivity index (χ2n) is 6.74. The van der Waals surface area contributed by atoms with Crippen molar-refractivity contribution >= 4 is 0 Å². The fourth-order valence-electron chi connectivity index (χ4n) is 2.96. The zero-order valence-electron chi connectivity index (χ0n) is 16.9. The molecule has 0 fully saturated rings. The quantitative estimate of drug-likeness (QED) is 0.325. The van der Waals surface area contributed by atoms with Crippen molar-refractivity contribution in [1.29, 1.82) is 0 Å². The summed E-state index contributed by atoms with van der Waals surface area (Å²) in [6, 6.07) is 11.9. The molecule has 0 amide bonds. The van der Waals surface area contributed by atoms with Crippen LogP contribution in [0.5, 0.6) is 11.5 Å². The second kappa shape index (κ2) is 13.0. The first-order valence-corrected chi connectivity index (χ1v) is 12.2. The van der Waals surface area contributed by atoms with Gasteiger partial charge in [-0.2, -0.15) is 0 Å². The monoisotopic (exact) mass is 499 g/mol. The van der Waals surface area contributed by atoms with Crippen LogP contribution in [0.4, 0.5) is 0 Å². The van der Waals surface area contributed by atoms with E-state index >= 15 is 0 Å². The van der Waals surface area contributed by atoms with Gasteiger partial charge in [-0.15, -0.1) is 0 Å². The van der Waals surface area contributed by atoms with Crippen LogP contribution < -0.4 is 30.7 Å². The Kier molecular flexibility index (Phi) is 10.7. The van der Waals surface area contributed by atoms with Gasteiger partial charge in [0.05, 0.1) is 0 Å². The molecule has 28 heavy (non-hydrogen) atoms. The molecule has 0 aromatic heterocycles. The Labute approximate surface area is 179 Å². The van der Waals surface area contributed by atoms with Gasteiger partial charge >= 0.3 is 173 Å². The number of ether oxygens (including phenoxy) is 2. The van der Waals surface area contributed by atoms with E-state index in [0.717, 1.165) is 33.5 Å². The minimum atomic E-state index is -0.515. The fourth-order valence-corrected chi connectivity index (χ4v) is 5.65. The van der Waals surface area contributed by atoms with E-state index in [1.807, 2.05) is 24.3 Å². The molecule has 0 spiro atoms. The summed E-state index contributed by atoms with van der Waals surface area (Å²) < 4.78 is 13.4. The van der Waals surface area contributed by atoms with E-state index in [-0.39, 0.29) is 13.2 Å². The zero-order chi connectivity index (χ0) is 20.2. The van der Waals surface area contributed by atoms with Crippen LogP contribution in [0.3, 0.4) is 0 Å². The van der Waals surface area contributed by atoms with E-state index in [2.05, 4.69) is 19.1 Å². The summed E-state index contributed by atoms with van der Waals surface area (Å²) in [5, 5.41) is 19.5. The number of benzene rings is 2. The average Bonchev–Trinajstić information content (AvgIpc) is 2.74. The van der Waals surface area contributed by atoms with E-state index in [1.165, 1.54) is 35.7 Å². The summed E-state index contributed by atoms with van der Waals surface area (Å²) in [7, 11) is 1.59. The summed E-state index contributed by atoms with van der Waals surface area (Å²) >= 11 is -0.515. The van der Waals surface area contributed by atoms with Crippen molar-refractivity contribution in [1.82, 2.24) is 0 Å². The van der Waals surface area contributed by atoms with Crippen molar-refractivity contribution in [3.63, 3.8) is 0 Å². The molecule has 0 atom stereocenters. The van der Waals surface area contributed by atoms with Gasteiger partial charge < -0.3 is 0 Å². The number of hydrogen-bond acceptors (Lipinski definition) is 4. The Hall–Kier alpha value is -1.31. The Morgan fingerprint density at radius 1 is 0.821 bits per heavy atom. The van der Waals surface area contributed by atoms with E-state index in [1.54, 1.807) is 7.11 Å². The van der Waals surface area contributed by atoms with Crippen LogP contribution in [0.2, 0.25) is 0 Å². The molecule has 2 aromatic carbocycles. The molecule has 0 heterocycles. The number of unbranched alkanes of at least 4 members (excludes halogenated alkanes) is 5. The van der Waals surface area contributed by atoms with Crippen LogP contribution in [0.15, 0.2) is 36.4 Å². The van der Waals surface area contributed by atoms with Crippen molar-refractivity contribution in [3.05, 3.63) is 54.7 Å². The second-order valence-corrected chi connectivity index (χ2v) is 9.60. The van der Waals surface area contributed by atoms with Crippen LogP contribution in [-0.2, 0) is 13.2 Å². The van der Waals surface area contributed by atoms with Gasteiger partial charge in [0.2, 0.25) is 0 Å². The molecule has 2 aromatic rings. The van der Waals surface area contributed by atoms with Crippen molar-refractivity contribution in [3.8, 4) is 11.5 Å². The van der Waals surface area contributed by atoms with E-state index in [9.17, 15) is 10.2 Å². The summed E-state index contributed by atoms with van der Waals surface area (Å²) in [6.45, 7) is 2.89. The molecule has 2 rings (SSSR count). The number of rotatable bonds is 13. The summed E-state index contributed by atoms with van der Waals surface area (Å²) in [5.74, 6) is 1.57. The van der Waals surface area contributed by atoms with Gasteiger partial charge in [0.15, 0.2) is 0 Å². The molecule has 4 nitrogen and oxygen atoms in total. The molecule has 5 heteroatoms. The fraction of sp³-hybridized carbons (Fsp3) is 0.478. The minimum absolute atomic E-state index is 0.0568. The standard InChI is InChI=1S/C23H32IO4/c1-3-4-5-6-7-8-13-28-21-11-9-20(10-12-21)24-23-18(16-25)14-22(27-2)15-19(23)17-26/h9-12,14-15,25-26H,3-8,13,16-17H2,1-2H3/q-1. The average molecular weight is 499 g/mol. The van der Waals surface area contributed by atoms with Crippen molar-refractivity contribution < 1.29 is 40.9 Å². The molecule has 0 unspecified atom stereocenters. The van der Waals surface area contributed by atoms with Crippen LogP contribution in [0.25, 0.3) is 0 Å². The molecule has 0 saturated carbocycles. The molecule has 2 N–H and O–H groups in total. The number of methoxy groups -OCH3 is 1. The van der Waals surface area contributed by atoms with Gasteiger partial charge in [-0.25, -0.2) is 0 Å². The first-order chi connectivity index (χ1) is 13.7. The van der Waals surface area contributed by atoms with E-state index in [4.69, 9.17) is 9.47 Å². The number of halogens is 1. The third kappa shape index (κ3) is 7.26. The molecule has 0 aliphatic rings. The Bertz CT molecular complexity index is 675. The maximum atomic E-state index is 9.73. The zero-order valence-corrected chi connectivity index (χ0v) is 19.1. The number of hydrogen-bond donors (Lipinski definition) is 2. The van der Waals surface area contributed by atoms with Gasteiger partial charge in [0.25, 0.3) is 0 Å². The molecular weight excluding hydrogens is 467 g/mol. The predicted molar refractivity (Wildman–Crippen MR) is 108 cm³/mol. The Morgan fingerprint density at radius 3 is 2.00 bits per heavy atom. The molecular formula is C23H32IO4-. The van der Waals surface area contributed by atoms with Crippen LogP contribution in [0, 0.1) is 7.14 Å². The van der Waals surface area contributed by atoms with E-state index in [0.29, 0.717) is 5.75 Å². The normalized spacial score (nSPS) is 11.0. The first-order valence-electron chi connectivity index (χ1n) is 10.0. The molecule has 0 aliphatic carbocycles. The Balaban J connectivity index is 1.92. The molecule has 156 valence electrons. The summed E-state index contributed by atoms with van der Waals surface area (Å²) in [4.78, 5) is 0. The molecule has 0 radical (unpaired) electrons. The van der Waals surface area contributed by atoms with Crippen molar-refractivity contribution in [2.75, 3.05) is 13.7 Å². The van der Waals surface area contributed by atoms with Crippen molar-refractivity contribution in [2.45, 2.75) is 58.7 Å². The SMILES string of the molecule is CCCCCCCCOc1ccc([I-]c2c(CO)cc(OC)cc2CO)cc1. The Morgan fingerprint density at radius 2 is 1.43 bits per heavy atom. The number of aliphatic hydroxyl groups excluding tert-OH is 2. The summed E-state index contributed by atoms with van der Waals surface area (Å²) in [5.41, 5.74) is 1.67. The van der Waals surface area contributed by atoms with Crippen LogP contribution in [-0.4, -0.2) is 23.9 Å². The molecule has 0 bridgehead atoms. The predicted octanol–water partition coefficient (Wildman–Crippen LogP) is 1.55. The molecule has 0 saturated heterocycles. The third-order valence-electron chi connectivity index (χ3n) is 4.56.